The summed E-state index contributed by atoms with van der Waals surface area (Å²) < 4.78 is 4.90. The fourth-order valence-corrected chi connectivity index (χ4v) is 4.75. The third-order valence-electron chi connectivity index (χ3n) is 6.26. The van der Waals surface area contributed by atoms with E-state index >= 15 is 0 Å². The van der Waals surface area contributed by atoms with Crippen molar-refractivity contribution in [2.45, 2.75) is 37.4 Å². The normalized spacial score (nSPS) is 24.7. The first-order chi connectivity index (χ1) is 14.2. The number of carbonyl (C=O) groups is 3. The number of methoxy groups -OCH3 is 1. The smallest absolute Gasteiger partial charge is 0.318 e. The monoisotopic (exact) mass is 412 g/mol. The van der Waals surface area contributed by atoms with Crippen molar-refractivity contribution in [3.05, 3.63) is 57.6 Å². The first-order valence-electron chi connectivity index (χ1n) is 9.46. The lowest BCUT2D eigenvalue weighted by Gasteiger charge is -2.42. The summed E-state index contributed by atoms with van der Waals surface area (Å²) in [6.45, 7) is 1.64. The lowest BCUT2D eigenvalue weighted by molar-refractivity contribution is -0.155. The zero-order chi connectivity index (χ0) is 22.0. The van der Waals surface area contributed by atoms with Crippen molar-refractivity contribution in [2.75, 3.05) is 7.11 Å². The molecule has 0 heterocycles. The SMILES string of the molecule is CCC1(C(=O)OC)c2cc3c(c(O)c2[C@@H](O)C[C@@H]1O)C(=O)c1c(O)cccc1C3=O. The summed E-state index contributed by atoms with van der Waals surface area (Å²) in [5, 5.41) is 42.4. The van der Waals surface area contributed by atoms with Gasteiger partial charge in [-0.1, -0.05) is 19.1 Å². The van der Waals surface area contributed by atoms with Gasteiger partial charge in [-0.05, 0) is 24.1 Å². The van der Waals surface area contributed by atoms with Crippen molar-refractivity contribution in [2.24, 2.45) is 0 Å². The second-order valence-electron chi connectivity index (χ2n) is 7.55. The molecule has 0 fully saturated rings. The minimum atomic E-state index is -1.63. The third-order valence-corrected chi connectivity index (χ3v) is 6.26. The number of aliphatic hydroxyl groups is 2. The molecule has 0 saturated carbocycles. The molecule has 0 aliphatic heterocycles. The van der Waals surface area contributed by atoms with Crippen LogP contribution in [0, 0.1) is 0 Å². The lowest BCUT2D eigenvalue weighted by Crippen LogP contribution is -2.51. The van der Waals surface area contributed by atoms with Crippen LogP contribution in [0.2, 0.25) is 0 Å². The van der Waals surface area contributed by atoms with Gasteiger partial charge in [0.15, 0.2) is 5.78 Å². The number of carbonyl (C=O) groups excluding carboxylic acids is 3. The minimum Gasteiger partial charge on any atom is -0.507 e. The highest BCUT2D eigenvalue weighted by Gasteiger charge is 2.54. The summed E-state index contributed by atoms with van der Waals surface area (Å²) in [4.78, 5) is 38.9. The second-order valence-corrected chi connectivity index (χ2v) is 7.55. The van der Waals surface area contributed by atoms with Crippen LogP contribution in [0.1, 0.15) is 68.8 Å². The molecule has 2 aromatic rings. The summed E-state index contributed by atoms with van der Waals surface area (Å²) in [5.41, 5.74) is -2.47. The Morgan fingerprint density at radius 2 is 1.83 bits per heavy atom. The predicted octanol–water partition coefficient (Wildman–Crippen LogP) is 1.49. The van der Waals surface area contributed by atoms with Crippen LogP contribution in [-0.2, 0) is 14.9 Å². The molecule has 0 amide bonds. The fourth-order valence-electron chi connectivity index (χ4n) is 4.75. The number of phenols is 2. The molecule has 156 valence electrons. The highest BCUT2D eigenvalue weighted by atomic mass is 16.5. The first kappa shape index (κ1) is 20.1. The topological polar surface area (TPSA) is 141 Å². The van der Waals surface area contributed by atoms with Gasteiger partial charge < -0.3 is 25.2 Å². The molecule has 2 aliphatic rings. The van der Waals surface area contributed by atoms with E-state index in [0.29, 0.717) is 0 Å². The summed E-state index contributed by atoms with van der Waals surface area (Å²) in [6.07, 6.45) is -2.91. The highest BCUT2D eigenvalue weighted by molar-refractivity contribution is 6.30. The number of aliphatic hydroxyl groups excluding tert-OH is 2. The molecule has 0 aromatic heterocycles. The van der Waals surface area contributed by atoms with Crippen molar-refractivity contribution in [3.63, 3.8) is 0 Å². The zero-order valence-electron chi connectivity index (χ0n) is 16.3. The van der Waals surface area contributed by atoms with E-state index in [0.717, 1.165) is 7.11 Å². The van der Waals surface area contributed by atoms with E-state index in [1.807, 2.05) is 0 Å². The van der Waals surface area contributed by atoms with E-state index in [-0.39, 0.29) is 46.2 Å². The predicted molar refractivity (Wildman–Crippen MR) is 103 cm³/mol. The number of benzene rings is 2. The molecule has 0 saturated heterocycles. The Kier molecular flexibility index (Phi) is 4.44. The molecule has 4 rings (SSSR count). The zero-order valence-corrected chi connectivity index (χ0v) is 16.3. The lowest BCUT2D eigenvalue weighted by atomic mass is 9.63. The average molecular weight is 412 g/mol. The van der Waals surface area contributed by atoms with E-state index in [2.05, 4.69) is 0 Å². The van der Waals surface area contributed by atoms with Gasteiger partial charge in [0.2, 0.25) is 5.78 Å². The fraction of sp³-hybridized carbons (Fsp3) is 0.318. The molecule has 8 heteroatoms. The third kappa shape index (κ3) is 2.31. The number of ether oxygens (including phenoxy) is 1. The van der Waals surface area contributed by atoms with Crippen LogP contribution >= 0.6 is 0 Å². The number of fused-ring (bicyclic) bond motifs is 3. The van der Waals surface area contributed by atoms with Gasteiger partial charge in [-0.15, -0.1) is 0 Å². The van der Waals surface area contributed by atoms with Crippen LogP contribution in [0.5, 0.6) is 11.5 Å². The molecule has 3 atom stereocenters. The maximum atomic E-state index is 13.1. The molecule has 8 nitrogen and oxygen atoms in total. The number of esters is 1. The van der Waals surface area contributed by atoms with Gasteiger partial charge in [-0.2, -0.15) is 0 Å². The largest absolute Gasteiger partial charge is 0.507 e. The molecule has 1 unspecified atom stereocenters. The van der Waals surface area contributed by atoms with Crippen LogP contribution in [0.15, 0.2) is 24.3 Å². The summed E-state index contributed by atoms with van der Waals surface area (Å²) in [6, 6.07) is 5.32. The van der Waals surface area contributed by atoms with Crippen molar-refractivity contribution in [1.29, 1.82) is 0 Å². The molecular weight excluding hydrogens is 392 g/mol. The van der Waals surface area contributed by atoms with Gasteiger partial charge in [-0.3, -0.25) is 14.4 Å². The molecule has 2 aliphatic carbocycles. The molecule has 0 radical (unpaired) electrons. The summed E-state index contributed by atoms with van der Waals surface area (Å²) in [5.74, 6) is -3.22. The van der Waals surface area contributed by atoms with Crippen LogP contribution in [0.4, 0.5) is 0 Å². The standard InChI is InChI=1S/C22H20O8/c1-3-22(21(29)30-2)11-7-10-16(20(28)17(11)13(24)8-14(22)25)19(27)15-9(18(10)26)5-4-6-12(15)23/h4-7,13-14,23-25,28H,3,8H2,1-2H3/t13-,14-,22?/m0/s1. The molecule has 0 bridgehead atoms. The van der Waals surface area contributed by atoms with Crippen molar-refractivity contribution >= 4 is 17.5 Å². The number of rotatable bonds is 2. The van der Waals surface area contributed by atoms with Gasteiger partial charge in [0.1, 0.15) is 16.9 Å². The average Bonchev–Trinajstić information content (AvgIpc) is 2.71. The Morgan fingerprint density at radius 3 is 2.47 bits per heavy atom. The maximum Gasteiger partial charge on any atom is 0.318 e. The Labute approximate surface area is 171 Å². The van der Waals surface area contributed by atoms with Gasteiger partial charge in [0, 0.05) is 23.1 Å². The van der Waals surface area contributed by atoms with E-state index < -0.39 is 46.7 Å². The molecule has 2 aromatic carbocycles. The second kappa shape index (κ2) is 6.65. The minimum absolute atomic E-state index is 0.0380. The summed E-state index contributed by atoms with van der Waals surface area (Å²) >= 11 is 0. The van der Waals surface area contributed by atoms with Gasteiger partial charge >= 0.3 is 5.97 Å². The van der Waals surface area contributed by atoms with Gasteiger partial charge in [-0.25, -0.2) is 0 Å². The Hall–Kier alpha value is -3.23. The van der Waals surface area contributed by atoms with Gasteiger partial charge in [0.25, 0.3) is 0 Å². The highest BCUT2D eigenvalue weighted by Crippen LogP contribution is 2.51. The quantitative estimate of drug-likeness (QED) is 0.464. The van der Waals surface area contributed by atoms with Crippen LogP contribution in [-0.4, -0.2) is 51.2 Å². The van der Waals surface area contributed by atoms with Gasteiger partial charge in [0.05, 0.1) is 30.4 Å². The number of aromatic hydroxyl groups is 2. The van der Waals surface area contributed by atoms with Crippen LogP contribution in [0.25, 0.3) is 0 Å². The Bertz CT molecular complexity index is 1120. The Balaban J connectivity index is 2.09. The van der Waals surface area contributed by atoms with Crippen molar-refractivity contribution in [3.8, 4) is 11.5 Å². The Morgan fingerprint density at radius 1 is 1.13 bits per heavy atom. The van der Waals surface area contributed by atoms with Crippen molar-refractivity contribution in [1.82, 2.24) is 0 Å². The number of hydrogen-bond acceptors (Lipinski definition) is 8. The van der Waals surface area contributed by atoms with E-state index in [1.165, 1.54) is 24.3 Å². The summed E-state index contributed by atoms with van der Waals surface area (Å²) in [7, 11) is 1.16. The van der Waals surface area contributed by atoms with Crippen LogP contribution in [0.3, 0.4) is 0 Å². The molecule has 4 N–H and O–H groups in total. The van der Waals surface area contributed by atoms with E-state index in [1.54, 1.807) is 6.92 Å². The number of ketones is 2. The molecular formula is C22H20O8. The molecule has 0 spiro atoms. The number of hydrogen-bond donors (Lipinski definition) is 4. The maximum absolute atomic E-state index is 13.1. The van der Waals surface area contributed by atoms with E-state index in [9.17, 15) is 34.8 Å². The number of phenolic OH excluding ortho intramolecular Hbond substituents is 2. The van der Waals surface area contributed by atoms with Crippen LogP contribution < -0.4 is 0 Å². The first-order valence-corrected chi connectivity index (χ1v) is 9.46. The molecule has 30 heavy (non-hydrogen) atoms. The van der Waals surface area contributed by atoms with E-state index in [4.69, 9.17) is 4.74 Å². The van der Waals surface area contributed by atoms with Crippen molar-refractivity contribution < 1.29 is 39.5 Å².